The summed E-state index contributed by atoms with van der Waals surface area (Å²) in [5.74, 6) is 1.50. The van der Waals surface area contributed by atoms with Crippen LogP contribution in [0.1, 0.15) is 51.6 Å². The molecule has 3 nitrogen and oxygen atoms in total. The summed E-state index contributed by atoms with van der Waals surface area (Å²) in [6, 6.07) is 1.96. The van der Waals surface area contributed by atoms with Crippen LogP contribution in [0.5, 0.6) is 0 Å². The lowest BCUT2D eigenvalue weighted by atomic mass is 9.95. The number of nitrogens with one attached hydrogen (secondary N) is 1. The van der Waals surface area contributed by atoms with Gasteiger partial charge in [-0.25, -0.2) is 4.98 Å². The van der Waals surface area contributed by atoms with E-state index >= 15 is 0 Å². The fourth-order valence-corrected chi connectivity index (χ4v) is 2.66. The van der Waals surface area contributed by atoms with E-state index in [1.54, 1.807) is 0 Å². The highest BCUT2D eigenvalue weighted by atomic mass is 32.1. The van der Waals surface area contributed by atoms with E-state index in [-0.39, 0.29) is 5.60 Å². The first-order valence-electron chi connectivity index (χ1n) is 6.74. The summed E-state index contributed by atoms with van der Waals surface area (Å²) in [6.45, 7) is 7.33. The molecule has 2 heterocycles. The average molecular weight is 266 g/mol. The van der Waals surface area contributed by atoms with Crippen LogP contribution >= 0.6 is 12.2 Å². The third-order valence-corrected chi connectivity index (χ3v) is 3.61. The Hall–Kier alpha value is -0.740. The number of aromatic amines is 1. The molecule has 0 amide bonds. The third-order valence-electron chi connectivity index (χ3n) is 3.40. The van der Waals surface area contributed by atoms with Gasteiger partial charge in [0.2, 0.25) is 0 Å². The Labute approximate surface area is 114 Å². The average Bonchev–Trinajstić information content (AvgIpc) is 2.28. The zero-order valence-electron chi connectivity index (χ0n) is 11.5. The van der Waals surface area contributed by atoms with Gasteiger partial charge >= 0.3 is 0 Å². The van der Waals surface area contributed by atoms with Crippen molar-refractivity contribution in [3.05, 3.63) is 22.2 Å². The molecule has 1 fully saturated rings. The van der Waals surface area contributed by atoms with Gasteiger partial charge in [-0.2, -0.15) is 0 Å². The molecule has 1 aromatic rings. The molecule has 100 valence electrons. The molecule has 0 radical (unpaired) electrons. The first-order chi connectivity index (χ1) is 8.49. The van der Waals surface area contributed by atoms with Gasteiger partial charge in [-0.15, -0.1) is 0 Å². The van der Waals surface area contributed by atoms with Crippen LogP contribution in [0, 0.1) is 10.6 Å². The van der Waals surface area contributed by atoms with Crippen molar-refractivity contribution in [3.8, 4) is 0 Å². The largest absolute Gasteiger partial charge is 0.367 e. The highest BCUT2D eigenvalue weighted by Gasteiger charge is 2.32. The van der Waals surface area contributed by atoms with E-state index < -0.39 is 0 Å². The van der Waals surface area contributed by atoms with Gasteiger partial charge in [-0.3, -0.25) is 0 Å². The number of ether oxygens (including phenoxy) is 1. The van der Waals surface area contributed by atoms with Crippen molar-refractivity contribution < 1.29 is 4.74 Å². The molecular formula is C14H22N2OS. The maximum atomic E-state index is 5.93. The number of nitrogens with zero attached hydrogens (tertiary/aromatic N) is 1. The second kappa shape index (κ2) is 5.49. The number of rotatable bonds is 3. The minimum absolute atomic E-state index is 0.293. The van der Waals surface area contributed by atoms with Gasteiger partial charge in [0.05, 0.1) is 0 Å². The van der Waals surface area contributed by atoms with Crippen LogP contribution in [0.4, 0.5) is 0 Å². The lowest BCUT2D eigenvalue weighted by Crippen LogP contribution is -2.32. The fourth-order valence-electron chi connectivity index (χ4n) is 2.43. The molecule has 0 bridgehead atoms. The van der Waals surface area contributed by atoms with E-state index in [9.17, 15) is 0 Å². The van der Waals surface area contributed by atoms with E-state index in [2.05, 4.69) is 30.7 Å². The van der Waals surface area contributed by atoms with Crippen LogP contribution in [0.3, 0.4) is 0 Å². The first kappa shape index (κ1) is 13.7. The van der Waals surface area contributed by atoms with Gasteiger partial charge in [0.1, 0.15) is 16.1 Å². The molecule has 4 heteroatoms. The van der Waals surface area contributed by atoms with Gasteiger partial charge in [-0.1, -0.05) is 26.1 Å². The molecule has 1 aliphatic rings. The number of aromatic nitrogens is 2. The lowest BCUT2D eigenvalue weighted by molar-refractivity contribution is -0.0762. The van der Waals surface area contributed by atoms with Crippen LogP contribution in [-0.4, -0.2) is 16.6 Å². The van der Waals surface area contributed by atoms with Crippen LogP contribution in [0.25, 0.3) is 0 Å². The monoisotopic (exact) mass is 266 g/mol. The van der Waals surface area contributed by atoms with Crippen LogP contribution < -0.4 is 0 Å². The summed E-state index contributed by atoms with van der Waals surface area (Å²) in [6.07, 6.45) is 4.33. The smallest absolute Gasteiger partial charge is 0.140 e. The molecule has 18 heavy (non-hydrogen) atoms. The van der Waals surface area contributed by atoms with Crippen molar-refractivity contribution in [2.45, 2.75) is 52.1 Å². The Balaban J connectivity index is 2.32. The Morgan fingerprint density at radius 3 is 2.89 bits per heavy atom. The van der Waals surface area contributed by atoms with Gasteiger partial charge in [0.15, 0.2) is 0 Å². The van der Waals surface area contributed by atoms with Crippen molar-refractivity contribution in [1.29, 1.82) is 0 Å². The lowest BCUT2D eigenvalue weighted by Gasteiger charge is -2.33. The van der Waals surface area contributed by atoms with E-state index in [1.165, 1.54) is 6.42 Å². The summed E-state index contributed by atoms with van der Waals surface area (Å²) in [7, 11) is 0. The minimum Gasteiger partial charge on any atom is -0.367 e. The van der Waals surface area contributed by atoms with Crippen molar-refractivity contribution >= 4 is 12.2 Å². The molecule has 0 saturated carbocycles. The zero-order chi connectivity index (χ0) is 13.2. The number of hydrogen-bond acceptors (Lipinski definition) is 3. The molecule has 1 aliphatic heterocycles. The van der Waals surface area contributed by atoms with Crippen molar-refractivity contribution in [2.75, 3.05) is 6.61 Å². The Bertz CT molecular complexity index is 461. The SMILES string of the molecule is CC(C)Cc1cc(=S)nc(C2(C)CCCCO2)[nH]1. The minimum atomic E-state index is -0.293. The van der Waals surface area contributed by atoms with Gasteiger partial charge in [-0.05, 0) is 44.6 Å². The van der Waals surface area contributed by atoms with E-state index in [1.807, 2.05) is 6.07 Å². The molecule has 0 spiro atoms. The standard InChI is InChI=1S/C14H22N2OS/c1-10(2)8-11-9-12(18)16-13(15-11)14(3)6-4-5-7-17-14/h9-10H,4-8H2,1-3H3,(H,15,16,18). The van der Waals surface area contributed by atoms with Crippen molar-refractivity contribution in [2.24, 2.45) is 5.92 Å². The maximum absolute atomic E-state index is 5.93. The maximum Gasteiger partial charge on any atom is 0.140 e. The second-order valence-electron chi connectivity index (χ2n) is 5.73. The number of hydrogen-bond donors (Lipinski definition) is 1. The quantitative estimate of drug-likeness (QED) is 0.847. The molecule has 1 saturated heterocycles. The topological polar surface area (TPSA) is 37.9 Å². The van der Waals surface area contributed by atoms with Gasteiger partial charge < -0.3 is 9.72 Å². The van der Waals surface area contributed by atoms with Crippen LogP contribution in [0.2, 0.25) is 0 Å². The Morgan fingerprint density at radius 2 is 2.28 bits per heavy atom. The second-order valence-corrected chi connectivity index (χ2v) is 6.15. The van der Waals surface area contributed by atoms with Crippen molar-refractivity contribution in [3.63, 3.8) is 0 Å². The predicted octanol–water partition coefficient (Wildman–Crippen LogP) is 3.75. The fraction of sp³-hybridized carbons (Fsp3) is 0.714. The molecule has 0 aliphatic carbocycles. The Kier molecular flexibility index (Phi) is 4.17. The highest BCUT2D eigenvalue weighted by Crippen LogP contribution is 2.32. The van der Waals surface area contributed by atoms with Crippen LogP contribution in [0.15, 0.2) is 6.07 Å². The molecule has 1 atom stereocenters. The van der Waals surface area contributed by atoms with Crippen LogP contribution in [-0.2, 0) is 16.8 Å². The Morgan fingerprint density at radius 1 is 1.50 bits per heavy atom. The first-order valence-corrected chi connectivity index (χ1v) is 7.15. The molecule has 1 unspecified atom stereocenters. The number of H-pyrrole nitrogens is 1. The van der Waals surface area contributed by atoms with E-state index in [0.29, 0.717) is 10.6 Å². The normalized spacial score (nSPS) is 24.4. The molecule has 0 aromatic carbocycles. The summed E-state index contributed by atoms with van der Waals surface area (Å²) in [5, 5.41) is 0. The van der Waals surface area contributed by atoms with Crippen molar-refractivity contribution in [1.82, 2.24) is 9.97 Å². The molecule has 1 aromatic heterocycles. The highest BCUT2D eigenvalue weighted by molar-refractivity contribution is 7.71. The summed E-state index contributed by atoms with van der Waals surface area (Å²) < 4.78 is 6.59. The van der Waals surface area contributed by atoms with Gasteiger partial charge in [0, 0.05) is 12.3 Å². The molecular weight excluding hydrogens is 244 g/mol. The summed E-state index contributed by atoms with van der Waals surface area (Å²) in [4.78, 5) is 7.89. The summed E-state index contributed by atoms with van der Waals surface area (Å²) in [5.41, 5.74) is 0.870. The third kappa shape index (κ3) is 3.18. The van der Waals surface area contributed by atoms with E-state index in [0.717, 1.165) is 37.4 Å². The summed E-state index contributed by atoms with van der Waals surface area (Å²) >= 11 is 5.27. The predicted molar refractivity (Wildman–Crippen MR) is 75.1 cm³/mol. The van der Waals surface area contributed by atoms with E-state index in [4.69, 9.17) is 17.0 Å². The van der Waals surface area contributed by atoms with Gasteiger partial charge in [0.25, 0.3) is 0 Å². The zero-order valence-corrected chi connectivity index (χ0v) is 12.3. The molecule has 1 N–H and O–H groups in total. The molecule has 2 rings (SSSR count).